The SMILES string of the molecule is c1ccc2cc(NCCCN3CC4CCC(CC4)C3)ncc2c1. The Morgan fingerprint density at radius 3 is 2.43 bits per heavy atom. The highest BCUT2D eigenvalue weighted by molar-refractivity contribution is 5.83. The van der Waals surface area contributed by atoms with Gasteiger partial charge in [-0.3, -0.25) is 0 Å². The van der Waals surface area contributed by atoms with Crippen molar-refractivity contribution in [3.8, 4) is 0 Å². The van der Waals surface area contributed by atoms with Crippen LogP contribution in [-0.2, 0) is 0 Å². The van der Waals surface area contributed by atoms with Gasteiger partial charge in [-0.1, -0.05) is 24.3 Å². The minimum absolute atomic E-state index is 0.976. The zero-order valence-corrected chi connectivity index (χ0v) is 13.9. The van der Waals surface area contributed by atoms with Crippen LogP contribution >= 0.6 is 0 Å². The molecular formula is C20H27N3. The number of nitrogens with one attached hydrogen (secondary N) is 1. The monoisotopic (exact) mass is 309 g/mol. The molecule has 2 saturated heterocycles. The van der Waals surface area contributed by atoms with Gasteiger partial charge in [0.05, 0.1) is 0 Å². The Hall–Kier alpha value is -1.61. The summed E-state index contributed by atoms with van der Waals surface area (Å²) in [5.41, 5.74) is 0. The summed E-state index contributed by atoms with van der Waals surface area (Å²) in [6.07, 6.45) is 9.06. The number of hydrogen-bond donors (Lipinski definition) is 1. The van der Waals surface area contributed by atoms with E-state index in [2.05, 4.69) is 45.5 Å². The molecule has 1 N–H and O–H groups in total. The second-order valence-corrected chi connectivity index (χ2v) is 7.34. The highest BCUT2D eigenvalue weighted by Crippen LogP contribution is 2.33. The fourth-order valence-electron chi connectivity index (χ4n) is 4.28. The molecule has 1 aromatic carbocycles. The lowest BCUT2D eigenvalue weighted by Gasteiger charge is -2.22. The lowest BCUT2D eigenvalue weighted by atomic mass is 9.84. The van der Waals surface area contributed by atoms with Gasteiger partial charge in [0.15, 0.2) is 0 Å². The summed E-state index contributed by atoms with van der Waals surface area (Å²) in [4.78, 5) is 7.23. The number of rotatable bonds is 5. The molecular weight excluding hydrogens is 282 g/mol. The fraction of sp³-hybridized carbons (Fsp3) is 0.550. The van der Waals surface area contributed by atoms with Crippen LogP contribution in [0.2, 0.25) is 0 Å². The average molecular weight is 309 g/mol. The summed E-state index contributed by atoms with van der Waals surface area (Å²) in [5.74, 6) is 2.95. The van der Waals surface area contributed by atoms with E-state index in [1.165, 1.54) is 62.5 Å². The normalized spacial score (nSPS) is 24.7. The Morgan fingerprint density at radius 1 is 1.00 bits per heavy atom. The van der Waals surface area contributed by atoms with Gasteiger partial charge in [-0.05, 0) is 61.9 Å². The van der Waals surface area contributed by atoms with Gasteiger partial charge in [-0.2, -0.15) is 0 Å². The van der Waals surface area contributed by atoms with Gasteiger partial charge in [0.25, 0.3) is 0 Å². The quantitative estimate of drug-likeness (QED) is 0.841. The number of anilines is 1. The minimum Gasteiger partial charge on any atom is -0.370 e. The van der Waals surface area contributed by atoms with E-state index >= 15 is 0 Å². The summed E-state index contributed by atoms with van der Waals surface area (Å²) in [6.45, 7) is 4.92. The number of benzene rings is 1. The van der Waals surface area contributed by atoms with Crippen molar-refractivity contribution in [3.63, 3.8) is 0 Å². The number of hydrogen-bond acceptors (Lipinski definition) is 3. The van der Waals surface area contributed by atoms with E-state index in [9.17, 15) is 0 Å². The number of fused-ring (bicyclic) bond motifs is 5. The van der Waals surface area contributed by atoms with E-state index in [0.29, 0.717) is 0 Å². The number of aromatic nitrogens is 1. The predicted octanol–water partition coefficient (Wildman–Crippen LogP) is 4.16. The highest BCUT2D eigenvalue weighted by Gasteiger charge is 2.28. The van der Waals surface area contributed by atoms with Crippen LogP contribution in [0.25, 0.3) is 10.8 Å². The van der Waals surface area contributed by atoms with Crippen molar-refractivity contribution in [2.24, 2.45) is 11.8 Å². The molecule has 2 aliphatic heterocycles. The van der Waals surface area contributed by atoms with Crippen molar-refractivity contribution < 1.29 is 0 Å². The van der Waals surface area contributed by atoms with Crippen LogP contribution in [0.3, 0.4) is 0 Å². The second kappa shape index (κ2) is 6.88. The van der Waals surface area contributed by atoms with Crippen LogP contribution in [0.15, 0.2) is 36.5 Å². The molecule has 23 heavy (non-hydrogen) atoms. The van der Waals surface area contributed by atoms with Crippen LogP contribution in [0.1, 0.15) is 32.1 Å². The van der Waals surface area contributed by atoms with E-state index in [1.54, 1.807) is 0 Å². The third kappa shape index (κ3) is 3.66. The first-order valence-corrected chi connectivity index (χ1v) is 9.18. The molecule has 0 spiro atoms. The molecule has 3 heteroatoms. The van der Waals surface area contributed by atoms with Crippen LogP contribution in [0.5, 0.6) is 0 Å². The van der Waals surface area contributed by atoms with Crippen molar-refractivity contribution in [1.82, 2.24) is 9.88 Å². The van der Waals surface area contributed by atoms with Gasteiger partial charge in [0.1, 0.15) is 5.82 Å². The van der Waals surface area contributed by atoms with E-state index < -0.39 is 0 Å². The molecule has 0 atom stereocenters. The Morgan fingerprint density at radius 2 is 1.70 bits per heavy atom. The number of pyridine rings is 1. The van der Waals surface area contributed by atoms with Crippen molar-refractivity contribution in [2.75, 3.05) is 31.5 Å². The molecule has 0 radical (unpaired) electrons. The van der Waals surface area contributed by atoms with Gasteiger partial charge >= 0.3 is 0 Å². The maximum Gasteiger partial charge on any atom is 0.126 e. The molecule has 3 fully saturated rings. The summed E-state index contributed by atoms with van der Waals surface area (Å²) >= 11 is 0. The Kier molecular flexibility index (Phi) is 4.47. The molecule has 3 nitrogen and oxygen atoms in total. The Balaban J connectivity index is 1.26. The van der Waals surface area contributed by atoms with Gasteiger partial charge in [0.2, 0.25) is 0 Å². The van der Waals surface area contributed by atoms with Gasteiger partial charge < -0.3 is 10.2 Å². The third-order valence-electron chi connectivity index (χ3n) is 5.59. The molecule has 1 aromatic heterocycles. The summed E-state index contributed by atoms with van der Waals surface area (Å²) < 4.78 is 0. The molecule has 2 bridgehead atoms. The van der Waals surface area contributed by atoms with E-state index in [1.807, 2.05) is 6.20 Å². The van der Waals surface area contributed by atoms with Crippen LogP contribution < -0.4 is 5.32 Å². The summed E-state index contributed by atoms with van der Waals surface area (Å²) in [7, 11) is 0. The largest absolute Gasteiger partial charge is 0.370 e. The van der Waals surface area contributed by atoms with E-state index in [0.717, 1.165) is 24.2 Å². The summed E-state index contributed by atoms with van der Waals surface area (Å²) in [5, 5.41) is 5.96. The molecule has 1 aliphatic carbocycles. The molecule has 1 saturated carbocycles. The third-order valence-corrected chi connectivity index (χ3v) is 5.59. The van der Waals surface area contributed by atoms with Crippen LogP contribution in [0.4, 0.5) is 5.82 Å². The van der Waals surface area contributed by atoms with Crippen molar-refractivity contribution in [2.45, 2.75) is 32.1 Å². The average Bonchev–Trinajstić information content (AvgIpc) is 2.91. The van der Waals surface area contributed by atoms with Crippen LogP contribution in [-0.4, -0.2) is 36.1 Å². The topological polar surface area (TPSA) is 28.2 Å². The fourth-order valence-corrected chi connectivity index (χ4v) is 4.28. The molecule has 5 rings (SSSR count). The Labute approximate surface area is 139 Å². The van der Waals surface area contributed by atoms with Crippen molar-refractivity contribution >= 4 is 16.6 Å². The van der Waals surface area contributed by atoms with Gasteiger partial charge in [-0.15, -0.1) is 0 Å². The molecule has 3 aliphatic rings. The molecule has 0 amide bonds. The smallest absolute Gasteiger partial charge is 0.126 e. The van der Waals surface area contributed by atoms with Gasteiger partial charge in [-0.25, -0.2) is 4.98 Å². The first-order chi connectivity index (χ1) is 11.4. The first-order valence-electron chi connectivity index (χ1n) is 9.18. The van der Waals surface area contributed by atoms with Crippen molar-refractivity contribution in [1.29, 1.82) is 0 Å². The molecule has 122 valence electrons. The highest BCUT2D eigenvalue weighted by atomic mass is 15.1. The zero-order chi connectivity index (χ0) is 15.5. The summed E-state index contributed by atoms with van der Waals surface area (Å²) in [6, 6.07) is 10.6. The second-order valence-electron chi connectivity index (χ2n) is 7.34. The number of nitrogens with zero attached hydrogens (tertiary/aromatic N) is 2. The maximum atomic E-state index is 4.52. The first kappa shape index (κ1) is 14.9. The van der Waals surface area contributed by atoms with Gasteiger partial charge in [0, 0.05) is 31.2 Å². The molecule has 2 aromatic rings. The lowest BCUT2D eigenvalue weighted by Crippen LogP contribution is -2.30. The van der Waals surface area contributed by atoms with E-state index in [-0.39, 0.29) is 0 Å². The molecule has 3 heterocycles. The zero-order valence-electron chi connectivity index (χ0n) is 13.9. The molecule has 0 unspecified atom stereocenters. The lowest BCUT2D eigenvalue weighted by molar-refractivity contribution is 0.252. The standard InChI is InChI=1S/C20H27N3/c1-2-5-19-13-22-20(12-18(19)4-1)21-10-3-11-23-14-16-6-7-17(15-23)9-8-16/h1-2,4-5,12-13,16-17H,3,6-11,14-15H2,(H,21,22). The predicted molar refractivity (Wildman–Crippen MR) is 96.7 cm³/mol. The van der Waals surface area contributed by atoms with Crippen molar-refractivity contribution in [3.05, 3.63) is 36.5 Å². The Bertz CT molecular complexity index is 632. The minimum atomic E-state index is 0.976. The van der Waals surface area contributed by atoms with Crippen LogP contribution in [0, 0.1) is 11.8 Å². The van der Waals surface area contributed by atoms with E-state index in [4.69, 9.17) is 0 Å². The maximum absolute atomic E-state index is 4.52.